The van der Waals surface area contributed by atoms with E-state index >= 15 is 0 Å². The number of nitrogens with one attached hydrogen (secondary N) is 1. The van der Waals surface area contributed by atoms with Gasteiger partial charge < -0.3 is 15.5 Å². The fraction of sp³-hybridized carbons (Fsp3) is 0.250. The first-order chi connectivity index (χ1) is 12.7. The number of ether oxygens (including phenoxy) is 1. The Morgan fingerprint density at radius 3 is 2.37 bits per heavy atom. The van der Waals surface area contributed by atoms with Crippen molar-refractivity contribution in [3.8, 4) is 12.1 Å². The summed E-state index contributed by atoms with van der Waals surface area (Å²) < 4.78 is 44.9. The summed E-state index contributed by atoms with van der Waals surface area (Å²) in [6, 6.07) is 7.69. The molecule has 1 unspecified atom stereocenters. The van der Waals surface area contributed by atoms with E-state index in [0.717, 1.165) is 0 Å². The van der Waals surface area contributed by atoms with Gasteiger partial charge in [0.05, 0.1) is 23.3 Å². The highest BCUT2D eigenvalue weighted by atomic mass is 32.2. The Kier molecular flexibility index (Phi) is 5.98. The molecule has 11 heteroatoms. The quantitative estimate of drug-likeness (QED) is 0.791. The second kappa shape index (κ2) is 8.01. The monoisotopic (exact) mass is 395 g/mol. The molecule has 0 saturated carbocycles. The van der Waals surface area contributed by atoms with E-state index in [4.69, 9.17) is 21.0 Å². The molecule has 2 aromatic rings. The van der Waals surface area contributed by atoms with Gasteiger partial charge >= 0.3 is 12.3 Å². The summed E-state index contributed by atoms with van der Waals surface area (Å²) in [6.45, 7) is 1.59. The Bertz CT molecular complexity index is 911. The molecule has 1 aromatic carbocycles. The van der Waals surface area contributed by atoms with Gasteiger partial charge in [0.2, 0.25) is 0 Å². The molecule has 0 fully saturated rings. The van der Waals surface area contributed by atoms with Crippen molar-refractivity contribution in [1.82, 2.24) is 9.97 Å². The Morgan fingerprint density at radius 1 is 1.33 bits per heavy atom. The topological polar surface area (TPSA) is 129 Å². The second-order valence-electron chi connectivity index (χ2n) is 5.21. The summed E-state index contributed by atoms with van der Waals surface area (Å²) in [5.41, 5.74) is 4.06. The number of imidazole rings is 1. The minimum Gasteiger partial charge on any atom is -0.438 e. The van der Waals surface area contributed by atoms with E-state index in [2.05, 4.69) is 9.97 Å². The van der Waals surface area contributed by atoms with Crippen LogP contribution < -0.4 is 5.73 Å². The summed E-state index contributed by atoms with van der Waals surface area (Å²) in [5.74, 6) is -0.205. The Morgan fingerprint density at radius 2 is 1.93 bits per heavy atom. The van der Waals surface area contributed by atoms with Gasteiger partial charge in [-0.25, -0.2) is 9.78 Å². The summed E-state index contributed by atoms with van der Waals surface area (Å²) in [6.07, 6.45) is -6.80. The molecule has 1 amide bonds. The molecule has 7 nitrogen and oxygen atoms in total. The molecule has 0 radical (unpaired) electrons. The van der Waals surface area contributed by atoms with Crippen LogP contribution in [0, 0.1) is 22.7 Å². The summed E-state index contributed by atoms with van der Waals surface area (Å²) >= 11 is 0.631. The number of H-pyrrole nitrogens is 1. The lowest BCUT2D eigenvalue weighted by Gasteiger charge is -2.11. The molecular formula is C16H12F3N5O2S. The normalized spacial score (nSPS) is 12.1. The fourth-order valence-electron chi connectivity index (χ4n) is 2.16. The molecule has 0 bridgehead atoms. The molecular weight excluding hydrogens is 383 g/mol. The van der Waals surface area contributed by atoms with Crippen LogP contribution in [0.1, 0.15) is 42.1 Å². The maximum atomic E-state index is 13.4. The van der Waals surface area contributed by atoms with Crippen molar-refractivity contribution in [2.45, 2.75) is 35.5 Å². The maximum Gasteiger partial charge on any atom is 0.433 e. The number of amides is 1. The van der Waals surface area contributed by atoms with Gasteiger partial charge in [0.25, 0.3) is 0 Å². The lowest BCUT2D eigenvalue weighted by Crippen LogP contribution is -2.18. The van der Waals surface area contributed by atoms with Gasteiger partial charge in [0.1, 0.15) is 10.9 Å². The summed E-state index contributed by atoms with van der Waals surface area (Å²) in [5, 5.41) is 17.6. The Labute approximate surface area is 155 Å². The van der Waals surface area contributed by atoms with Crippen LogP contribution in [0.2, 0.25) is 0 Å². The molecule has 1 aromatic heterocycles. The van der Waals surface area contributed by atoms with E-state index < -0.39 is 29.1 Å². The zero-order chi connectivity index (χ0) is 20.2. The first-order valence-corrected chi connectivity index (χ1v) is 8.25. The SMILES string of the molecule is CCC(OC(N)=O)c1nc(Sc2cc(C#N)cc(C#N)c2)c(C(F)(F)F)[nH]1. The highest BCUT2D eigenvalue weighted by Crippen LogP contribution is 2.39. The van der Waals surface area contributed by atoms with Crippen molar-refractivity contribution in [3.63, 3.8) is 0 Å². The number of halogens is 3. The van der Waals surface area contributed by atoms with Crippen molar-refractivity contribution in [2.75, 3.05) is 0 Å². The maximum absolute atomic E-state index is 13.4. The highest BCUT2D eigenvalue weighted by molar-refractivity contribution is 7.99. The van der Waals surface area contributed by atoms with Crippen LogP contribution >= 0.6 is 11.8 Å². The minimum atomic E-state index is -4.75. The Hall–Kier alpha value is -3.18. The van der Waals surface area contributed by atoms with Crippen molar-refractivity contribution < 1.29 is 22.7 Å². The van der Waals surface area contributed by atoms with Crippen molar-refractivity contribution >= 4 is 17.9 Å². The zero-order valence-electron chi connectivity index (χ0n) is 13.8. The molecule has 1 heterocycles. The predicted octanol–water partition coefficient (Wildman–Crippen LogP) is 3.87. The number of nitrogens with two attached hydrogens (primary N) is 1. The standard InChI is InChI=1S/C16H12F3N5O2S/c1-2-11(26-15(22)25)13-23-12(16(17,18)19)14(24-13)27-10-4-8(6-20)3-9(5-10)7-21/h3-5,11H,2H2,1H3,(H2,22,25)(H,23,24). The molecule has 0 spiro atoms. The number of aromatic amines is 1. The number of nitriles is 2. The van der Waals surface area contributed by atoms with Gasteiger partial charge in [-0.05, 0) is 24.6 Å². The number of benzene rings is 1. The molecule has 0 aliphatic rings. The molecule has 0 aliphatic heterocycles. The van der Waals surface area contributed by atoms with Crippen LogP contribution in [-0.2, 0) is 10.9 Å². The first kappa shape index (κ1) is 20.1. The number of rotatable bonds is 5. The highest BCUT2D eigenvalue weighted by Gasteiger charge is 2.38. The molecule has 2 rings (SSSR count). The van der Waals surface area contributed by atoms with Crippen LogP contribution in [0.5, 0.6) is 0 Å². The number of primary amides is 1. The third-order valence-electron chi connectivity index (χ3n) is 3.29. The van der Waals surface area contributed by atoms with E-state index in [1.54, 1.807) is 6.92 Å². The number of alkyl halides is 3. The Balaban J connectivity index is 2.48. The van der Waals surface area contributed by atoms with Gasteiger partial charge in [-0.15, -0.1) is 0 Å². The van der Waals surface area contributed by atoms with Gasteiger partial charge in [-0.3, -0.25) is 0 Å². The zero-order valence-corrected chi connectivity index (χ0v) is 14.6. The van der Waals surface area contributed by atoms with Crippen LogP contribution in [0.3, 0.4) is 0 Å². The number of carbonyl (C=O) groups excluding carboxylic acids is 1. The van der Waals surface area contributed by atoms with Crippen molar-refractivity contribution in [2.24, 2.45) is 5.73 Å². The van der Waals surface area contributed by atoms with E-state index in [1.165, 1.54) is 18.2 Å². The molecule has 140 valence electrons. The van der Waals surface area contributed by atoms with Crippen molar-refractivity contribution in [1.29, 1.82) is 10.5 Å². The summed E-state index contributed by atoms with van der Waals surface area (Å²) in [4.78, 5) is 17.2. The second-order valence-corrected chi connectivity index (χ2v) is 6.27. The van der Waals surface area contributed by atoms with E-state index in [1.807, 2.05) is 12.1 Å². The van der Waals surface area contributed by atoms with Crippen LogP contribution in [-0.4, -0.2) is 16.1 Å². The lowest BCUT2D eigenvalue weighted by molar-refractivity contribution is -0.143. The molecule has 0 saturated heterocycles. The number of carbonyl (C=O) groups is 1. The minimum absolute atomic E-state index is 0.129. The average Bonchev–Trinajstić information content (AvgIpc) is 3.03. The van der Waals surface area contributed by atoms with Crippen LogP contribution in [0.15, 0.2) is 28.1 Å². The fourth-order valence-corrected chi connectivity index (χ4v) is 3.17. The number of hydrogen-bond donors (Lipinski definition) is 2. The lowest BCUT2D eigenvalue weighted by atomic mass is 10.1. The molecule has 0 aliphatic carbocycles. The average molecular weight is 395 g/mol. The summed E-state index contributed by atoms with van der Waals surface area (Å²) in [7, 11) is 0. The van der Waals surface area contributed by atoms with Gasteiger partial charge in [0.15, 0.2) is 11.8 Å². The predicted molar refractivity (Wildman–Crippen MR) is 87.3 cm³/mol. The number of aromatic nitrogens is 2. The first-order valence-electron chi connectivity index (χ1n) is 7.44. The van der Waals surface area contributed by atoms with Gasteiger partial charge in [0, 0.05) is 4.90 Å². The third-order valence-corrected chi connectivity index (χ3v) is 4.25. The van der Waals surface area contributed by atoms with Gasteiger partial charge in [-0.2, -0.15) is 23.7 Å². The van der Waals surface area contributed by atoms with Crippen LogP contribution in [0.25, 0.3) is 0 Å². The molecule has 3 N–H and O–H groups in total. The third kappa shape index (κ3) is 4.92. The van der Waals surface area contributed by atoms with E-state index in [-0.39, 0.29) is 28.3 Å². The smallest absolute Gasteiger partial charge is 0.433 e. The molecule has 27 heavy (non-hydrogen) atoms. The number of nitrogens with zero attached hydrogens (tertiary/aromatic N) is 3. The van der Waals surface area contributed by atoms with Gasteiger partial charge in [-0.1, -0.05) is 18.7 Å². The van der Waals surface area contributed by atoms with Crippen LogP contribution in [0.4, 0.5) is 18.0 Å². The van der Waals surface area contributed by atoms with Crippen molar-refractivity contribution in [3.05, 3.63) is 40.8 Å². The molecule has 1 atom stereocenters. The van der Waals surface area contributed by atoms with E-state index in [0.29, 0.717) is 11.8 Å². The largest absolute Gasteiger partial charge is 0.438 e. The van der Waals surface area contributed by atoms with E-state index in [9.17, 15) is 18.0 Å². The number of hydrogen-bond acceptors (Lipinski definition) is 6.